The Bertz CT molecular complexity index is 1000. The molecule has 3 rings (SSSR count). The van der Waals surface area contributed by atoms with E-state index in [4.69, 9.17) is 11.6 Å². The Kier molecular flexibility index (Phi) is 4.77. The van der Waals surface area contributed by atoms with Gasteiger partial charge in [0.25, 0.3) is 5.91 Å². The molecule has 1 aliphatic rings. The minimum Gasteiger partial charge on any atom is -0.480 e. The number of aliphatic carboxylic acids is 1. The third kappa shape index (κ3) is 3.45. The normalized spacial score (nSPS) is 16.8. The zero-order chi connectivity index (χ0) is 19.1. The summed E-state index contributed by atoms with van der Waals surface area (Å²) in [6, 6.07) is 10.1. The number of benzene rings is 2. The molecular weight excluding hydrogens is 378 g/mol. The van der Waals surface area contributed by atoms with Gasteiger partial charge in [-0.05, 0) is 29.3 Å². The Hall–Kier alpha value is -2.38. The smallest absolute Gasteiger partial charge is 0.326 e. The first kappa shape index (κ1) is 18.4. The number of carboxylic acid groups (broad SMARTS) is 1. The van der Waals surface area contributed by atoms with Crippen LogP contribution in [0, 0.1) is 0 Å². The third-order valence-electron chi connectivity index (χ3n) is 4.39. The average Bonchev–Trinajstić information content (AvgIpc) is 2.59. The van der Waals surface area contributed by atoms with Gasteiger partial charge in [0.1, 0.15) is 6.04 Å². The van der Waals surface area contributed by atoms with Crippen molar-refractivity contribution in [3.05, 3.63) is 64.2 Å². The molecule has 8 heteroatoms. The summed E-state index contributed by atoms with van der Waals surface area (Å²) in [6.45, 7) is 0.116. The lowest BCUT2D eigenvalue weighted by Gasteiger charge is -2.34. The van der Waals surface area contributed by atoms with Crippen LogP contribution in [0.5, 0.6) is 0 Å². The van der Waals surface area contributed by atoms with Crippen LogP contribution in [0.4, 0.5) is 0 Å². The summed E-state index contributed by atoms with van der Waals surface area (Å²) >= 11 is 6.10. The van der Waals surface area contributed by atoms with Crippen molar-refractivity contribution in [2.45, 2.75) is 23.9 Å². The van der Waals surface area contributed by atoms with E-state index in [1.807, 2.05) is 24.3 Å². The molecule has 0 aliphatic carbocycles. The number of sulfone groups is 1. The van der Waals surface area contributed by atoms with Crippen LogP contribution in [0.15, 0.2) is 47.4 Å². The lowest BCUT2D eigenvalue weighted by Crippen LogP contribution is -2.48. The van der Waals surface area contributed by atoms with Crippen molar-refractivity contribution in [3.63, 3.8) is 0 Å². The van der Waals surface area contributed by atoms with E-state index < -0.39 is 27.8 Å². The van der Waals surface area contributed by atoms with Gasteiger partial charge in [0.2, 0.25) is 0 Å². The largest absolute Gasteiger partial charge is 0.480 e. The fourth-order valence-corrected chi connectivity index (χ4v) is 3.86. The van der Waals surface area contributed by atoms with Gasteiger partial charge in [-0.25, -0.2) is 13.2 Å². The van der Waals surface area contributed by atoms with Gasteiger partial charge in [-0.15, -0.1) is 0 Å². The standard InChI is InChI=1S/C18H16ClNO5S/c1-26(24,25)13-6-7-15(19)14(9-13)17(21)20-10-12-5-3-2-4-11(12)8-16(20)18(22)23/h2-7,9,16H,8,10H2,1H3,(H,22,23). The van der Waals surface area contributed by atoms with Gasteiger partial charge in [0.05, 0.1) is 15.5 Å². The summed E-state index contributed by atoms with van der Waals surface area (Å²) in [5.74, 6) is -1.73. The third-order valence-corrected chi connectivity index (χ3v) is 5.83. The molecule has 1 unspecified atom stereocenters. The van der Waals surface area contributed by atoms with E-state index in [-0.39, 0.29) is 28.4 Å². The van der Waals surface area contributed by atoms with Crippen LogP contribution in [-0.4, -0.2) is 42.6 Å². The maximum Gasteiger partial charge on any atom is 0.326 e. The summed E-state index contributed by atoms with van der Waals surface area (Å²) in [5, 5.41) is 9.63. The SMILES string of the molecule is CS(=O)(=O)c1ccc(Cl)c(C(=O)N2Cc3ccccc3CC2C(=O)O)c1. The molecule has 1 aliphatic heterocycles. The summed E-state index contributed by atoms with van der Waals surface area (Å²) in [4.78, 5) is 25.9. The quantitative estimate of drug-likeness (QED) is 0.864. The molecule has 0 bridgehead atoms. The van der Waals surface area contributed by atoms with Gasteiger partial charge in [-0.2, -0.15) is 0 Å². The summed E-state index contributed by atoms with van der Waals surface area (Å²) < 4.78 is 23.5. The molecule has 6 nitrogen and oxygen atoms in total. The molecule has 0 fully saturated rings. The van der Waals surface area contributed by atoms with Gasteiger partial charge < -0.3 is 10.0 Å². The van der Waals surface area contributed by atoms with Crippen LogP contribution < -0.4 is 0 Å². The van der Waals surface area contributed by atoms with E-state index in [1.165, 1.54) is 23.1 Å². The van der Waals surface area contributed by atoms with Crippen molar-refractivity contribution in [3.8, 4) is 0 Å². The van der Waals surface area contributed by atoms with Crippen molar-refractivity contribution in [2.24, 2.45) is 0 Å². The predicted molar refractivity (Wildman–Crippen MR) is 96.0 cm³/mol. The molecular formula is C18H16ClNO5S. The molecule has 1 amide bonds. The second-order valence-electron chi connectivity index (χ2n) is 6.17. The van der Waals surface area contributed by atoms with E-state index in [2.05, 4.69) is 0 Å². The Morgan fingerprint density at radius 1 is 1.15 bits per heavy atom. The highest BCUT2D eigenvalue weighted by Gasteiger charge is 2.35. The van der Waals surface area contributed by atoms with Gasteiger partial charge in [-0.1, -0.05) is 35.9 Å². The zero-order valence-electron chi connectivity index (χ0n) is 13.8. The number of hydrogen-bond acceptors (Lipinski definition) is 4. The molecule has 0 radical (unpaired) electrons. The first-order valence-electron chi connectivity index (χ1n) is 7.78. The highest BCUT2D eigenvalue weighted by atomic mass is 35.5. The van der Waals surface area contributed by atoms with Crippen molar-refractivity contribution < 1.29 is 23.1 Å². The molecule has 2 aromatic rings. The molecule has 2 aromatic carbocycles. The Labute approximate surface area is 155 Å². The molecule has 1 atom stereocenters. The number of nitrogens with zero attached hydrogens (tertiary/aromatic N) is 1. The minimum absolute atomic E-state index is 0.0276. The number of fused-ring (bicyclic) bond motifs is 1. The molecule has 26 heavy (non-hydrogen) atoms. The highest BCUT2D eigenvalue weighted by Crippen LogP contribution is 2.28. The van der Waals surface area contributed by atoms with Crippen molar-refractivity contribution in [2.75, 3.05) is 6.26 Å². The fourth-order valence-electron chi connectivity index (χ4n) is 3.01. The van der Waals surface area contributed by atoms with E-state index in [1.54, 1.807) is 0 Å². The predicted octanol–water partition coefficient (Wildman–Crippen LogP) is 2.40. The maximum absolute atomic E-state index is 13.0. The Balaban J connectivity index is 2.05. The molecule has 0 saturated heterocycles. The fraction of sp³-hybridized carbons (Fsp3) is 0.222. The Morgan fingerprint density at radius 3 is 2.42 bits per heavy atom. The van der Waals surface area contributed by atoms with E-state index >= 15 is 0 Å². The summed E-state index contributed by atoms with van der Waals surface area (Å²) in [6.07, 6.45) is 1.21. The van der Waals surface area contributed by atoms with Gasteiger partial charge in [0, 0.05) is 19.2 Å². The number of carbonyl (C=O) groups is 2. The van der Waals surface area contributed by atoms with Crippen LogP contribution in [0.1, 0.15) is 21.5 Å². The number of amides is 1. The Morgan fingerprint density at radius 2 is 1.81 bits per heavy atom. The van der Waals surface area contributed by atoms with Gasteiger partial charge >= 0.3 is 5.97 Å². The monoisotopic (exact) mass is 393 g/mol. The lowest BCUT2D eigenvalue weighted by atomic mass is 9.93. The van der Waals surface area contributed by atoms with Gasteiger partial charge in [0.15, 0.2) is 9.84 Å². The van der Waals surface area contributed by atoms with Crippen LogP contribution >= 0.6 is 11.6 Å². The number of carboxylic acids is 1. The first-order chi connectivity index (χ1) is 12.2. The molecule has 136 valence electrons. The van der Waals surface area contributed by atoms with Gasteiger partial charge in [-0.3, -0.25) is 4.79 Å². The lowest BCUT2D eigenvalue weighted by molar-refractivity contribution is -0.142. The first-order valence-corrected chi connectivity index (χ1v) is 10.1. The topological polar surface area (TPSA) is 91.8 Å². The highest BCUT2D eigenvalue weighted by molar-refractivity contribution is 7.90. The number of rotatable bonds is 3. The molecule has 0 saturated carbocycles. The molecule has 1 N–H and O–H groups in total. The second kappa shape index (κ2) is 6.74. The van der Waals surface area contributed by atoms with Crippen molar-refractivity contribution in [1.29, 1.82) is 0 Å². The summed E-state index contributed by atoms with van der Waals surface area (Å²) in [7, 11) is -3.53. The zero-order valence-corrected chi connectivity index (χ0v) is 15.4. The van der Waals surface area contributed by atoms with E-state index in [9.17, 15) is 23.1 Å². The van der Waals surface area contributed by atoms with E-state index in [0.29, 0.717) is 0 Å². The average molecular weight is 394 g/mol. The van der Waals surface area contributed by atoms with Crippen molar-refractivity contribution >= 4 is 33.3 Å². The second-order valence-corrected chi connectivity index (χ2v) is 8.60. The van der Waals surface area contributed by atoms with Crippen LogP contribution in [0.25, 0.3) is 0 Å². The number of hydrogen-bond donors (Lipinski definition) is 1. The van der Waals surface area contributed by atoms with Crippen LogP contribution in [-0.2, 0) is 27.6 Å². The maximum atomic E-state index is 13.0. The minimum atomic E-state index is -3.53. The molecule has 0 spiro atoms. The van der Waals surface area contributed by atoms with Crippen LogP contribution in [0.2, 0.25) is 5.02 Å². The number of carbonyl (C=O) groups excluding carboxylic acids is 1. The van der Waals surface area contributed by atoms with Crippen molar-refractivity contribution in [1.82, 2.24) is 4.90 Å². The van der Waals surface area contributed by atoms with E-state index in [0.717, 1.165) is 17.4 Å². The molecule has 1 heterocycles. The summed E-state index contributed by atoms with van der Waals surface area (Å²) in [5.41, 5.74) is 1.70. The van der Waals surface area contributed by atoms with Crippen LogP contribution in [0.3, 0.4) is 0 Å². The molecule has 0 aromatic heterocycles. The number of halogens is 1.